The largest absolute Gasteiger partial charge is 0.544 e. The lowest BCUT2D eigenvalue weighted by Gasteiger charge is -2.36. The molecule has 4 saturated heterocycles. The molecule has 0 aromatic heterocycles. The van der Waals surface area contributed by atoms with Crippen LogP contribution in [0.3, 0.4) is 0 Å². The van der Waals surface area contributed by atoms with E-state index in [1.54, 1.807) is 91.8 Å². The van der Waals surface area contributed by atoms with Crippen LogP contribution in [0.15, 0.2) is 233 Å². The number of hydrogen-bond donors (Lipinski definition) is 4. The molecule has 12 rings (SSSR count). The van der Waals surface area contributed by atoms with Crippen LogP contribution in [0.2, 0.25) is 43.1 Å². The van der Waals surface area contributed by atoms with Crippen LogP contribution < -0.4 is 9.74 Å². The fourth-order valence-electron chi connectivity index (χ4n) is 12.1. The summed E-state index contributed by atoms with van der Waals surface area (Å²) < 4.78 is 108. The summed E-state index contributed by atoms with van der Waals surface area (Å²) in [6, 6.07) is 53.9. The van der Waals surface area contributed by atoms with Crippen molar-refractivity contribution in [3.05, 3.63) is 222 Å². The van der Waals surface area contributed by atoms with Crippen molar-refractivity contribution in [2.24, 2.45) is 0 Å². The van der Waals surface area contributed by atoms with Crippen molar-refractivity contribution in [1.82, 2.24) is 19.9 Å². The quantitative estimate of drug-likeness (QED) is 0.0552. The third-order valence-corrected chi connectivity index (χ3v) is 37.7. The van der Waals surface area contributed by atoms with Crippen molar-refractivity contribution >= 4 is 85.6 Å². The van der Waals surface area contributed by atoms with Gasteiger partial charge in [-0.2, -0.15) is 11.1 Å². The molecule has 0 spiro atoms. The average molecular weight is 1580 g/mol. The molecular weight excluding hydrogens is 1480 g/mol. The molecule has 0 unspecified atom stereocenters. The number of hydrogen-bond acceptors (Lipinski definition) is 16. The Balaban J connectivity index is 0.000000189. The zero-order valence-electron chi connectivity index (χ0n) is 63.1. The lowest BCUT2D eigenvalue weighted by atomic mass is 9.85. The van der Waals surface area contributed by atoms with Gasteiger partial charge in [0, 0.05) is 19.6 Å². The maximum absolute atomic E-state index is 13.0. The molecule has 16 nitrogen and oxygen atoms in total. The Morgan fingerprint density at radius 1 is 0.438 bits per heavy atom. The molecule has 0 saturated carbocycles. The van der Waals surface area contributed by atoms with Crippen LogP contribution >= 0.6 is 23.5 Å². The molecule has 4 aliphatic heterocycles. The zero-order chi connectivity index (χ0) is 76.4. The molecule has 8 aromatic rings. The number of halogens is 2. The van der Waals surface area contributed by atoms with E-state index in [4.69, 9.17) is 15.5 Å². The molecule has 0 amide bonds. The van der Waals surface area contributed by atoms with E-state index in [2.05, 4.69) is 96.9 Å². The van der Waals surface area contributed by atoms with Crippen LogP contribution in [-0.4, -0.2) is 153 Å². The molecule has 0 aliphatic carbocycles. The summed E-state index contributed by atoms with van der Waals surface area (Å²) in [7, 11) is -13.6. The zero-order valence-corrected chi connectivity index (χ0v) is 70.0. The Morgan fingerprint density at radius 3 is 0.971 bits per heavy atom. The predicted octanol–water partition coefficient (Wildman–Crippen LogP) is 16.6. The number of aryl methyl sites for hydroxylation is 1. The Labute approximate surface area is 639 Å². The van der Waals surface area contributed by atoms with Crippen LogP contribution in [0.5, 0.6) is 17.2 Å². The van der Waals surface area contributed by atoms with Crippen molar-refractivity contribution in [2.75, 3.05) is 66.5 Å². The van der Waals surface area contributed by atoms with E-state index in [0.717, 1.165) is 94.9 Å². The van der Waals surface area contributed by atoms with Crippen LogP contribution in [0.1, 0.15) is 119 Å². The van der Waals surface area contributed by atoms with Crippen molar-refractivity contribution in [2.45, 2.75) is 180 Å². The first-order valence-corrected chi connectivity index (χ1v) is 48.4. The first-order chi connectivity index (χ1) is 48.6. The van der Waals surface area contributed by atoms with Gasteiger partial charge in [-0.3, -0.25) is 0 Å². The first-order valence-electron chi connectivity index (χ1n) is 35.6. The topological polar surface area (TPSA) is 228 Å². The predicted molar refractivity (Wildman–Crippen MR) is 432 cm³/mol. The van der Waals surface area contributed by atoms with Crippen LogP contribution in [0.4, 0.5) is 0 Å². The molecule has 8 aromatic carbocycles. The molecular formula is C80H107BCl2N4O12S4Si2. The maximum atomic E-state index is 13.0. The molecule has 4 atom stereocenters. The second-order valence-electron chi connectivity index (χ2n) is 30.9. The fraction of sp³-hybridized carbons (Fsp3) is 0.400. The summed E-state index contributed by atoms with van der Waals surface area (Å²) >= 11 is 6.15. The van der Waals surface area contributed by atoms with Gasteiger partial charge in [0.2, 0.25) is 47.7 Å². The molecule has 4 heterocycles. The number of nitrogens with one attached hydrogen (secondary N) is 1. The van der Waals surface area contributed by atoms with Gasteiger partial charge >= 0.3 is 7.05 Å². The highest BCUT2D eigenvalue weighted by atomic mass is 35.6. The van der Waals surface area contributed by atoms with Gasteiger partial charge in [0.25, 0.3) is 0 Å². The van der Waals surface area contributed by atoms with E-state index in [1.165, 1.54) is 65.2 Å². The summed E-state index contributed by atoms with van der Waals surface area (Å²) in [5, 5.41) is 32.0. The van der Waals surface area contributed by atoms with E-state index in [-0.39, 0.29) is 48.5 Å². The number of likely N-dealkylation sites (N-methyl/N-ethyl adjacent to an activating group) is 2. The van der Waals surface area contributed by atoms with Crippen molar-refractivity contribution < 1.29 is 53.3 Å². The molecule has 25 heteroatoms. The Kier molecular flexibility index (Phi) is 29.4. The summed E-state index contributed by atoms with van der Waals surface area (Å²) in [4.78, 5) is 8.83. The van der Waals surface area contributed by atoms with Crippen LogP contribution in [0.25, 0.3) is 0 Å². The van der Waals surface area contributed by atoms with Crippen molar-refractivity contribution in [3.63, 3.8) is 0 Å². The van der Waals surface area contributed by atoms with Crippen molar-refractivity contribution in [1.29, 1.82) is 0 Å². The van der Waals surface area contributed by atoms with Crippen molar-refractivity contribution in [3.8, 4) is 17.2 Å². The number of phenols is 2. The lowest BCUT2D eigenvalue weighted by molar-refractivity contribution is 0.411. The Morgan fingerprint density at radius 2 is 0.714 bits per heavy atom. The van der Waals surface area contributed by atoms with Gasteiger partial charge in [0.15, 0.2) is 7.38 Å². The van der Waals surface area contributed by atoms with E-state index in [9.17, 15) is 48.9 Å². The number of rotatable bonds is 15. The molecule has 0 radical (unpaired) electrons. The molecule has 0 bridgehead atoms. The summed E-state index contributed by atoms with van der Waals surface area (Å²) in [6.45, 7) is 33.4. The smallest absolute Gasteiger partial charge is 0.376 e. The third kappa shape index (κ3) is 22.7. The normalized spacial score (nSPS) is 18.4. The van der Waals surface area contributed by atoms with Gasteiger partial charge in [-0.25, -0.2) is 33.7 Å². The summed E-state index contributed by atoms with van der Waals surface area (Å²) in [6.07, 6.45) is 4.30. The SMILES string of the molecule is CB(O)N1CC[C@@H](c2ccc(S(=O)(=O)c3ccc(O)cc3)cc2)C1.CC(C)(C)[Si](C)(C)Cl.CC(C)(C)[Si](C)(C)Oc1ccc(S(=O)(=O)c2ccc([C@@H]3CCNC3)cc2)cc1.CN1CC[C@@H](c2ccc(S(=O)(=O)c3ccc(O)cc3)cc2)C1.Cc1ccc(S(=O)(=O)c2ccc([C@@H]3CCN(C)C3)cc2)cc1.Cl. The molecule has 4 fully saturated rings. The molecule has 568 valence electrons. The minimum Gasteiger partial charge on any atom is -0.544 e. The van der Waals surface area contributed by atoms with Gasteiger partial charge in [-0.15, -0.1) is 12.4 Å². The van der Waals surface area contributed by atoms with E-state index < -0.39 is 62.1 Å². The highest BCUT2D eigenvalue weighted by Crippen LogP contribution is 2.40. The van der Waals surface area contributed by atoms with Gasteiger partial charge in [-0.1, -0.05) is 121 Å². The van der Waals surface area contributed by atoms with E-state index in [0.29, 0.717) is 48.3 Å². The second-order valence-corrected chi connectivity index (χ2v) is 50.7. The number of sulfone groups is 4. The third-order valence-electron chi connectivity index (χ3n) is 21.0. The minimum absolute atomic E-state index is 0. The molecule has 4 aliphatic rings. The minimum atomic E-state index is -3.58. The number of aromatic hydroxyl groups is 2. The molecule has 105 heavy (non-hydrogen) atoms. The maximum Gasteiger partial charge on any atom is 0.376 e. The van der Waals surface area contributed by atoms with Gasteiger partial charge in [0.1, 0.15) is 17.2 Å². The van der Waals surface area contributed by atoms with Crippen LogP contribution in [0, 0.1) is 6.92 Å². The standard InChI is InChI=1S/C22H31NO3SSi.C18H21NO2S.C17H20BNO4S.C17H19NO3S.C6H15ClSi.ClH/c1-22(2,3)28(4,5)26-19-8-12-21(13-9-19)27(24,25)20-10-6-17(7-11-20)18-14-15-23-16-18;1-14-3-7-17(8-4-14)22(20,21)18-9-5-15(6-10-18)16-11-12-19(2)13-16;1-18(21)19-11-10-14(12-19)13-2-6-16(7-3-13)24(22,23)17-8-4-15(20)5-9-17;1-18-11-10-14(12-18)13-2-6-16(7-3-13)22(20,21)17-8-4-15(19)5-9-17;1-6(2,3)8(4,5)7;/h6-13,18,23H,14-16H2,1-5H3;3-10,16H,11-13H2,1-2H3;2-9,14,20-21H,10-12H2,1H3;2-9,14,19H,10-12H2,1H3;1-5H3;1H/t18-;16-;2*14-;;/m1111../s1. The second kappa shape index (κ2) is 35.9. The fourth-order valence-corrected chi connectivity index (χ4v) is 18.2. The number of benzene rings is 8. The summed E-state index contributed by atoms with van der Waals surface area (Å²) in [5.41, 5.74) is 5.76. The Hall–Kier alpha value is -6.16. The molecule has 4 N–H and O–H groups in total. The lowest BCUT2D eigenvalue weighted by Crippen LogP contribution is -2.43. The van der Waals surface area contributed by atoms with Gasteiger partial charge in [-0.05, 0) is 289 Å². The highest BCUT2D eigenvalue weighted by molar-refractivity contribution is 7.92. The highest BCUT2D eigenvalue weighted by Gasteiger charge is 2.39. The van der Waals surface area contributed by atoms with E-state index >= 15 is 0 Å². The first kappa shape index (κ1) is 86.1. The number of nitrogens with zero attached hydrogens (tertiary/aromatic N) is 3. The summed E-state index contributed by atoms with van der Waals surface area (Å²) in [5.74, 6) is 2.60. The van der Waals surface area contributed by atoms with Gasteiger partial charge < -0.3 is 39.6 Å². The van der Waals surface area contributed by atoms with Gasteiger partial charge in [0.05, 0.1) is 39.2 Å². The van der Waals surface area contributed by atoms with Crippen LogP contribution in [-0.2, 0) is 39.3 Å². The Bertz CT molecular complexity index is 4440. The van der Waals surface area contributed by atoms with E-state index in [1.807, 2.05) is 72.4 Å². The average Bonchev–Trinajstić information content (AvgIpc) is 1.47. The number of phenolic OH excluding ortho intramolecular Hbond substituents is 2. The monoisotopic (exact) mass is 1580 g/mol. The number of likely N-dealkylation sites (tertiary alicyclic amines) is 2.